The van der Waals surface area contributed by atoms with E-state index in [1.165, 1.54) is 0 Å². The van der Waals surface area contributed by atoms with E-state index in [-0.39, 0.29) is 12.5 Å². The first kappa shape index (κ1) is 28.4. The van der Waals surface area contributed by atoms with Crippen molar-refractivity contribution in [3.05, 3.63) is 70.4 Å². The van der Waals surface area contributed by atoms with Gasteiger partial charge in [-0.15, -0.1) is 0 Å². The van der Waals surface area contributed by atoms with E-state index >= 15 is 0 Å². The van der Waals surface area contributed by atoms with Gasteiger partial charge in [-0.2, -0.15) is 0 Å². The van der Waals surface area contributed by atoms with Crippen molar-refractivity contribution < 1.29 is 22.7 Å². The van der Waals surface area contributed by atoms with Gasteiger partial charge in [0.05, 0.1) is 0 Å². The Hall–Kier alpha value is -2.65. The fourth-order valence-corrected chi connectivity index (χ4v) is 6.18. The first-order valence-corrected chi connectivity index (χ1v) is 14.2. The number of aromatic nitrogens is 2. The molecule has 12 heteroatoms. The minimum absolute atomic E-state index is 0.176. The number of nitrogens with zero attached hydrogens (tertiary/aromatic N) is 3. The Labute approximate surface area is 230 Å². The van der Waals surface area contributed by atoms with E-state index < -0.39 is 28.0 Å². The molecule has 1 radical (unpaired) electrons. The third-order valence-electron chi connectivity index (χ3n) is 6.27. The second-order valence-electron chi connectivity index (χ2n) is 8.75. The molecule has 1 aliphatic rings. The summed E-state index contributed by atoms with van der Waals surface area (Å²) in [5.41, 5.74) is 3.31. The molecule has 1 atom stereocenters. The van der Waals surface area contributed by atoms with Gasteiger partial charge in [0.25, 0.3) is 0 Å². The Morgan fingerprint density at radius 2 is 1.92 bits per heavy atom. The first-order valence-electron chi connectivity index (χ1n) is 11.9. The Kier molecular flexibility index (Phi) is 9.31. The van der Waals surface area contributed by atoms with Crippen LogP contribution in [-0.4, -0.2) is 82.6 Å². The molecule has 201 valence electrons. The zero-order valence-corrected chi connectivity index (χ0v) is 23.5. The second kappa shape index (κ2) is 12.5. The fraction of sp³-hybridized carbons (Fsp3) is 0.346. The van der Waals surface area contributed by atoms with Crippen molar-refractivity contribution >= 4 is 53.7 Å². The number of fused-ring (bicyclic) bond motifs is 1. The van der Waals surface area contributed by atoms with Crippen LogP contribution < -0.4 is 19.6 Å². The number of amides is 1. The summed E-state index contributed by atoms with van der Waals surface area (Å²) >= 11 is 5.78. The van der Waals surface area contributed by atoms with Gasteiger partial charge in [-0.05, 0) is 0 Å². The van der Waals surface area contributed by atoms with Crippen molar-refractivity contribution in [1.29, 1.82) is 0 Å². The van der Waals surface area contributed by atoms with E-state index in [9.17, 15) is 18.0 Å². The number of para-hydroxylation sites is 1. The maximum absolute atomic E-state index is 13.2. The van der Waals surface area contributed by atoms with Gasteiger partial charge in [-0.3, -0.25) is 0 Å². The Morgan fingerprint density at radius 1 is 1.18 bits per heavy atom. The third-order valence-corrected chi connectivity index (χ3v) is 8.54. The third kappa shape index (κ3) is 7.05. The van der Waals surface area contributed by atoms with Gasteiger partial charge in [0.2, 0.25) is 0 Å². The molecular formula is C26H27AsClF3N5O2. The number of ether oxygens (including phenoxy) is 1. The van der Waals surface area contributed by atoms with Crippen molar-refractivity contribution in [3.8, 4) is 0 Å². The van der Waals surface area contributed by atoms with Crippen LogP contribution in [0.5, 0.6) is 0 Å². The fourth-order valence-electron chi connectivity index (χ4n) is 4.22. The molecule has 0 saturated carbocycles. The number of carbonyl (C=O) groups is 1. The monoisotopic (exact) mass is 608 g/mol. The molecule has 3 aromatic rings. The average Bonchev–Trinajstić information content (AvgIpc) is 3.10. The molecule has 1 amide bonds. The SMILES string of the molecule is CNC(=O)c1ccccc1Nc1nc([As]c2ccc3c(c2)CCN(CC(OC)C(F)(F)F)CC3)ncc1Cl. The van der Waals surface area contributed by atoms with Crippen LogP contribution >= 0.6 is 11.6 Å². The van der Waals surface area contributed by atoms with Crippen LogP contribution in [0.3, 0.4) is 0 Å². The molecule has 0 aliphatic carbocycles. The van der Waals surface area contributed by atoms with E-state index in [0.29, 0.717) is 52.6 Å². The molecule has 1 aromatic heterocycles. The molecule has 2 N–H and O–H groups in total. The molecule has 0 bridgehead atoms. The summed E-state index contributed by atoms with van der Waals surface area (Å²) in [6.07, 6.45) is -3.31. The van der Waals surface area contributed by atoms with E-state index in [1.807, 2.05) is 17.0 Å². The van der Waals surface area contributed by atoms with Gasteiger partial charge in [0, 0.05) is 0 Å². The Balaban J connectivity index is 1.47. The molecule has 1 aliphatic heterocycles. The molecule has 0 spiro atoms. The molecule has 4 rings (SSSR count). The van der Waals surface area contributed by atoms with Gasteiger partial charge in [-0.1, -0.05) is 0 Å². The van der Waals surface area contributed by atoms with E-state index in [1.54, 1.807) is 31.4 Å². The van der Waals surface area contributed by atoms with Gasteiger partial charge >= 0.3 is 231 Å². The molecular weight excluding hydrogens is 582 g/mol. The first-order chi connectivity index (χ1) is 18.2. The van der Waals surface area contributed by atoms with Gasteiger partial charge < -0.3 is 0 Å². The number of anilines is 2. The molecule has 2 heterocycles. The summed E-state index contributed by atoms with van der Waals surface area (Å²) in [5.74, 6) is 0.176. The molecule has 38 heavy (non-hydrogen) atoms. The number of halogens is 4. The van der Waals surface area contributed by atoms with E-state index in [0.717, 1.165) is 22.6 Å². The summed E-state index contributed by atoms with van der Waals surface area (Å²) in [6, 6.07) is 13.3. The number of carbonyl (C=O) groups excluding carboxylic acids is 1. The normalized spacial score (nSPS) is 15.2. The standard InChI is InChI=1S/C26H27AsClF3N5O2/c1-32-24(37)19-5-3-4-6-21(19)34-23-20(28)14-33-25(35-23)27-18-8-7-16-9-11-36(12-10-17(16)13-18)15-22(38-2)26(29,30)31/h3-8,13-14,22H,9-12,15H2,1-2H3,(H,32,37)(H,33,34,35). The van der Waals surface area contributed by atoms with Crippen LogP contribution in [0, 0.1) is 0 Å². The molecule has 1 unspecified atom stereocenters. The summed E-state index contributed by atoms with van der Waals surface area (Å²) in [6.45, 7) is 0.895. The van der Waals surface area contributed by atoms with E-state index in [2.05, 4.69) is 37.5 Å². The van der Waals surface area contributed by atoms with Crippen LogP contribution in [-0.2, 0) is 17.6 Å². The van der Waals surface area contributed by atoms with Crippen molar-refractivity contribution in [2.24, 2.45) is 0 Å². The van der Waals surface area contributed by atoms with Crippen molar-refractivity contribution in [2.45, 2.75) is 25.1 Å². The minimum atomic E-state index is -4.39. The zero-order chi connectivity index (χ0) is 27.3. The quantitative estimate of drug-likeness (QED) is 0.383. The van der Waals surface area contributed by atoms with Gasteiger partial charge in [0.15, 0.2) is 0 Å². The molecule has 7 nitrogen and oxygen atoms in total. The summed E-state index contributed by atoms with van der Waals surface area (Å²) < 4.78 is 45.9. The number of hydrogen-bond donors (Lipinski definition) is 2. The Bertz CT molecular complexity index is 1290. The number of methoxy groups -OCH3 is 1. The average molecular weight is 609 g/mol. The summed E-state index contributed by atoms with van der Waals surface area (Å²) in [7, 11) is 2.66. The van der Waals surface area contributed by atoms with Crippen LogP contribution in [0.2, 0.25) is 5.02 Å². The van der Waals surface area contributed by atoms with Crippen LogP contribution in [0.4, 0.5) is 24.7 Å². The molecule has 2 aromatic carbocycles. The topological polar surface area (TPSA) is 79.4 Å². The van der Waals surface area contributed by atoms with Crippen LogP contribution in [0.25, 0.3) is 0 Å². The number of nitrogens with one attached hydrogen (secondary N) is 2. The summed E-state index contributed by atoms with van der Waals surface area (Å²) in [5, 5.41) is 6.10. The zero-order valence-electron chi connectivity index (χ0n) is 20.8. The Morgan fingerprint density at radius 3 is 2.63 bits per heavy atom. The number of rotatable bonds is 8. The predicted molar refractivity (Wildman–Crippen MR) is 142 cm³/mol. The second-order valence-corrected chi connectivity index (χ2v) is 11.5. The summed E-state index contributed by atoms with van der Waals surface area (Å²) in [4.78, 5) is 23.1. The van der Waals surface area contributed by atoms with E-state index in [4.69, 9.17) is 11.6 Å². The van der Waals surface area contributed by atoms with Gasteiger partial charge in [-0.25, -0.2) is 0 Å². The van der Waals surface area contributed by atoms with Crippen LogP contribution in [0.15, 0.2) is 48.7 Å². The van der Waals surface area contributed by atoms with Crippen molar-refractivity contribution in [2.75, 3.05) is 39.1 Å². The number of hydrogen-bond acceptors (Lipinski definition) is 6. The molecule has 0 fully saturated rings. The number of benzene rings is 2. The maximum atomic E-state index is 13.2. The van der Waals surface area contributed by atoms with Gasteiger partial charge in [0.1, 0.15) is 0 Å². The van der Waals surface area contributed by atoms with Crippen molar-refractivity contribution in [3.63, 3.8) is 0 Å². The predicted octanol–water partition coefficient (Wildman–Crippen LogP) is 2.87. The van der Waals surface area contributed by atoms with Crippen molar-refractivity contribution in [1.82, 2.24) is 20.2 Å². The molecule has 0 saturated heterocycles. The van der Waals surface area contributed by atoms with Crippen LogP contribution in [0.1, 0.15) is 21.5 Å². The number of alkyl halides is 3.